The maximum absolute atomic E-state index is 12.6. The minimum atomic E-state index is -0.562. The maximum Gasteiger partial charge on any atom is 0.269 e. The van der Waals surface area contributed by atoms with E-state index in [9.17, 15) is 14.4 Å². The topological polar surface area (TPSA) is 112 Å². The second-order valence-electron chi connectivity index (χ2n) is 6.66. The van der Waals surface area contributed by atoms with Gasteiger partial charge in [-0.2, -0.15) is 5.10 Å². The Labute approximate surface area is 157 Å². The summed E-state index contributed by atoms with van der Waals surface area (Å²) in [5.74, 6) is -0.694. The zero-order valence-electron chi connectivity index (χ0n) is 15.7. The standard InChI is InChI=1S/C18H24N6O3/c1-4-19-18(27)16-8-12(10-24(16)11(2)25)20-17(26)14-9-13(21-22-14)15-6-5-7-23(15)3/h5-7,9,12,16H,4,8,10H2,1-3H3,(H,19,27)(H,20,26)(H,21,22)/t12-,16-/m0/s1. The number of nitrogens with zero attached hydrogens (tertiary/aromatic N) is 3. The number of aromatic nitrogens is 3. The van der Waals surface area contributed by atoms with Gasteiger partial charge in [-0.05, 0) is 31.5 Å². The minimum absolute atomic E-state index is 0.185. The van der Waals surface area contributed by atoms with Gasteiger partial charge >= 0.3 is 0 Å². The Morgan fingerprint density at radius 2 is 2.15 bits per heavy atom. The number of nitrogens with one attached hydrogen (secondary N) is 3. The molecule has 2 aromatic rings. The Morgan fingerprint density at radius 1 is 1.37 bits per heavy atom. The first-order valence-electron chi connectivity index (χ1n) is 8.93. The molecule has 0 saturated carbocycles. The van der Waals surface area contributed by atoms with Crippen LogP contribution in [0.3, 0.4) is 0 Å². The van der Waals surface area contributed by atoms with Crippen LogP contribution in [0.2, 0.25) is 0 Å². The lowest BCUT2D eigenvalue weighted by Gasteiger charge is -2.21. The summed E-state index contributed by atoms with van der Waals surface area (Å²) in [5, 5.41) is 12.6. The molecule has 9 heteroatoms. The molecule has 2 aromatic heterocycles. The van der Waals surface area contributed by atoms with E-state index in [4.69, 9.17) is 0 Å². The van der Waals surface area contributed by atoms with E-state index in [0.29, 0.717) is 30.9 Å². The molecule has 0 radical (unpaired) electrons. The van der Waals surface area contributed by atoms with Crippen molar-refractivity contribution in [3.63, 3.8) is 0 Å². The molecule has 3 N–H and O–H groups in total. The van der Waals surface area contributed by atoms with Crippen molar-refractivity contribution in [1.29, 1.82) is 0 Å². The fraction of sp³-hybridized carbons (Fsp3) is 0.444. The third kappa shape index (κ3) is 3.86. The summed E-state index contributed by atoms with van der Waals surface area (Å²) >= 11 is 0. The van der Waals surface area contributed by atoms with Gasteiger partial charge in [-0.1, -0.05) is 0 Å². The summed E-state index contributed by atoms with van der Waals surface area (Å²) in [6.07, 6.45) is 2.29. The van der Waals surface area contributed by atoms with Crippen LogP contribution in [0.25, 0.3) is 11.4 Å². The summed E-state index contributed by atoms with van der Waals surface area (Å²) in [5.41, 5.74) is 1.90. The Balaban J connectivity index is 1.68. The van der Waals surface area contributed by atoms with Crippen LogP contribution < -0.4 is 10.6 Å². The quantitative estimate of drug-likeness (QED) is 0.699. The molecule has 0 aromatic carbocycles. The predicted molar refractivity (Wildman–Crippen MR) is 98.7 cm³/mol. The number of aromatic amines is 1. The van der Waals surface area contributed by atoms with Gasteiger partial charge in [0.1, 0.15) is 17.4 Å². The molecule has 144 valence electrons. The zero-order valence-corrected chi connectivity index (χ0v) is 15.7. The third-order valence-corrected chi connectivity index (χ3v) is 4.72. The van der Waals surface area contributed by atoms with Gasteiger partial charge in [0, 0.05) is 39.3 Å². The number of likely N-dealkylation sites (tertiary alicyclic amines) is 1. The van der Waals surface area contributed by atoms with E-state index in [1.165, 1.54) is 11.8 Å². The van der Waals surface area contributed by atoms with Gasteiger partial charge in [0.05, 0.1) is 5.69 Å². The van der Waals surface area contributed by atoms with Crippen LogP contribution in [-0.2, 0) is 16.6 Å². The second kappa shape index (κ2) is 7.65. The smallest absolute Gasteiger partial charge is 0.269 e. The Bertz CT molecular complexity index is 855. The lowest BCUT2D eigenvalue weighted by Crippen LogP contribution is -2.45. The fourth-order valence-corrected chi connectivity index (χ4v) is 3.39. The number of carbonyl (C=O) groups excluding carboxylic acids is 3. The van der Waals surface area contributed by atoms with Gasteiger partial charge in [-0.3, -0.25) is 19.5 Å². The third-order valence-electron chi connectivity index (χ3n) is 4.72. The van der Waals surface area contributed by atoms with Gasteiger partial charge in [0.15, 0.2) is 0 Å². The van der Waals surface area contributed by atoms with Crippen molar-refractivity contribution >= 4 is 17.7 Å². The SMILES string of the molecule is CCNC(=O)[C@@H]1C[C@H](NC(=O)c2cc(-c3cccn3C)n[nH]2)CN1C(C)=O. The molecule has 3 rings (SSSR count). The lowest BCUT2D eigenvalue weighted by atomic mass is 10.1. The van der Waals surface area contributed by atoms with Crippen molar-refractivity contribution in [3.05, 3.63) is 30.1 Å². The first-order chi connectivity index (χ1) is 12.9. The molecule has 1 aliphatic rings. The number of hydrogen-bond donors (Lipinski definition) is 3. The number of aryl methyl sites for hydroxylation is 1. The van der Waals surface area contributed by atoms with E-state index in [1.54, 1.807) is 6.07 Å². The molecule has 0 unspecified atom stereocenters. The van der Waals surface area contributed by atoms with Crippen molar-refractivity contribution in [2.45, 2.75) is 32.4 Å². The minimum Gasteiger partial charge on any atom is -0.355 e. The van der Waals surface area contributed by atoms with Crippen LogP contribution in [0, 0.1) is 0 Å². The van der Waals surface area contributed by atoms with Crippen molar-refractivity contribution in [1.82, 2.24) is 30.3 Å². The molecule has 9 nitrogen and oxygen atoms in total. The van der Waals surface area contributed by atoms with Gasteiger partial charge in [-0.25, -0.2) is 0 Å². The average Bonchev–Trinajstić information content (AvgIpc) is 3.33. The Hall–Kier alpha value is -3.10. The molecule has 0 spiro atoms. The largest absolute Gasteiger partial charge is 0.355 e. The number of carbonyl (C=O) groups is 3. The molecule has 3 heterocycles. The summed E-state index contributed by atoms with van der Waals surface area (Å²) in [7, 11) is 1.90. The van der Waals surface area contributed by atoms with Crippen LogP contribution in [-0.4, -0.2) is 62.6 Å². The monoisotopic (exact) mass is 372 g/mol. The van der Waals surface area contributed by atoms with Gasteiger partial charge < -0.3 is 20.1 Å². The molecule has 1 aliphatic heterocycles. The number of hydrogen-bond acceptors (Lipinski definition) is 4. The van der Waals surface area contributed by atoms with Crippen molar-refractivity contribution < 1.29 is 14.4 Å². The maximum atomic E-state index is 12.6. The normalized spacial score (nSPS) is 19.1. The predicted octanol–water partition coefficient (Wildman–Crippen LogP) is 0.271. The molecule has 1 saturated heterocycles. The van der Waals surface area contributed by atoms with Gasteiger partial charge in [-0.15, -0.1) is 0 Å². The molecule has 3 amide bonds. The zero-order chi connectivity index (χ0) is 19.6. The van der Waals surface area contributed by atoms with Crippen molar-refractivity contribution in [3.8, 4) is 11.4 Å². The number of likely N-dealkylation sites (N-methyl/N-ethyl adjacent to an activating group) is 1. The first-order valence-corrected chi connectivity index (χ1v) is 8.93. The van der Waals surface area contributed by atoms with Crippen molar-refractivity contribution in [2.24, 2.45) is 7.05 Å². The van der Waals surface area contributed by atoms with Crippen LogP contribution in [0.1, 0.15) is 30.8 Å². The summed E-state index contributed by atoms with van der Waals surface area (Å²) in [6, 6.07) is 4.64. The fourth-order valence-electron chi connectivity index (χ4n) is 3.39. The summed E-state index contributed by atoms with van der Waals surface area (Å²) in [6.45, 7) is 4.06. The van der Waals surface area contributed by atoms with Crippen LogP contribution in [0.15, 0.2) is 24.4 Å². The summed E-state index contributed by atoms with van der Waals surface area (Å²) < 4.78 is 1.91. The highest BCUT2D eigenvalue weighted by molar-refractivity contribution is 5.94. The van der Waals surface area contributed by atoms with Crippen LogP contribution >= 0.6 is 0 Å². The second-order valence-corrected chi connectivity index (χ2v) is 6.66. The summed E-state index contributed by atoms with van der Waals surface area (Å²) in [4.78, 5) is 38.1. The van der Waals surface area contributed by atoms with Gasteiger partial charge in [0.25, 0.3) is 5.91 Å². The van der Waals surface area contributed by atoms with Crippen molar-refractivity contribution in [2.75, 3.05) is 13.1 Å². The van der Waals surface area contributed by atoms with Crippen LogP contribution in [0.4, 0.5) is 0 Å². The molecule has 27 heavy (non-hydrogen) atoms. The van der Waals surface area contributed by atoms with E-state index in [-0.39, 0.29) is 23.8 Å². The molecule has 2 atom stereocenters. The van der Waals surface area contributed by atoms with Gasteiger partial charge in [0.2, 0.25) is 11.8 Å². The average molecular weight is 372 g/mol. The Kier molecular flexibility index (Phi) is 5.29. The molecule has 1 fully saturated rings. The molecular weight excluding hydrogens is 348 g/mol. The Morgan fingerprint density at radius 3 is 2.78 bits per heavy atom. The molecular formula is C18H24N6O3. The highest BCUT2D eigenvalue weighted by Gasteiger charge is 2.38. The highest BCUT2D eigenvalue weighted by atomic mass is 16.2. The van der Waals surface area contributed by atoms with Crippen LogP contribution in [0.5, 0.6) is 0 Å². The highest BCUT2D eigenvalue weighted by Crippen LogP contribution is 2.20. The van der Waals surface area contributed by atoms with E-state index < -0.39 is 6.04 Å². The molecule has 0 bridgehead atoms. The first kappa shape index (κ1) is 18.7. The number of amides is 3. The number of H-pyrrole nitrogens is 1. The van der Waals surface area contributed by atoms with E-state index >= 15 is 0 Å². The lowest BCUT2D eigenvalue weighted by molar-refractivity contribution is -0.136. The molecule has 0 aliphatic carbocycles. The van der Waals surface area contributed by atoms with E-state index in [0.717, 1.165) is 5.69 Å². The van der Waals surface area contributed by atoms with E-state index in [1.807, 2.05) is 36.9 Å². The van der Waals surface area contributed by atoms with E-state index in [2.05, 4.69) is 20.8 Å². The number of rotatable bonds is 5.